The fourth-order valence-corrected chi connectivity index (χ4v) is 1.64. The number of hydrogen-bond donors (Lipinski definition) is 0. The third-order valence-electron chi connectivity index (χ3n) is 2.79. The quantitative estimate of drug-likeness (QED) is 0.737. The third kappa shape index (κ3) is 1.88. The van der Waals surface area contributed by atoms with Gasteiger partial charge in [-0.1, -0.05) is 0 Å². The molecule has 0 saturated carbocycles. The number of methoxy groups -OCH3 is 1. The molecule has 17 heavy (non-hydrogen) atoms. The first-order chi connectivity index (χ1) is 7.95. The summed E-state index contributed by atoms with van der Waals surface area (Å²) in [6.45, 7) is 5.48. The van der Waals surface area contributed by atoms with Crippen LogP contribution in [0.5, 0.6) is 0 Å². The van der Waals surface area contributed by atoms with Crippen molar-refractivity contribution in [3.8, 4) is 0 Å². The molecular weight excluding hydrogens is 218 g/mol. The van der Waals surface area contributed by atoms with Crippen LogP contribution in [0.2, 0.25) is 0 Å². The van der Waals surface area contributed by atoms with Crippen molar-refractivity contribution in [2.75, 3.05) is 7.11 Å². The Hall–Kier alpha value is -1.91. The van der Waals surface area contributed by atoms with E-state index in [1.807, 2.05) is 19.1 Å². The van der Waals surface area contributed by atoms with Crippen LogP contribution in [-0.2, 0) is 14.9 Å². The number of carbonyl (C=O) groups excluding carboxylic acids is 1. The van der Waals surface area contributed by atoms with Crippen LogP contribution >= 0.6 is 0 Å². The van der Waals surface area contributed by atoms with Gasteiger partial charge in [0, 0.05) is 0 Å². The van der Waals surface area contributed by atoms with Crippen LogP contribution in [-0.4, -0.2) is 27.7 Å². The molecule has 0 aliphatic heterocycles. The van der Waals surface area contributed by atoms with Gasteiger partial charge in [-0.15, -0.1) is 0 Å². The topological polar surface area (TPSA) is 56.5 Å². The molecule has 0 aliphatic rings. The van der Waals surface area contributed by atoms with Crippen molar-refractivity contribution in [2.24, 2.45) is 0 Å². The summed E-state index contributed by atoms with van der Waals surface area (Å²) in [5.41, 5.74) is 1.51. The Kier molecular flexibility index (Phi) is 2.61. The zero-order valence-electron chi connectivity index (χ0n) is 10.4. The number of nitrogens with zero attached hydrogens (tertiary/aromatic N) is 3. The van der Waals surface area contributed by atoms with Crippen LogP contribution in [0, 0.1) is 6.92 Å². The van der Waals surface area contributed by atoms with Crippen molar-refractivity contribution in [3.63, 3.8) is 0 Å². The second kappa shape index (κ2) is 3.84. The summed E-state index contributed by atoms with van der Waals surface area (Å²) < 4.78 is 6.46. The lowest BCUT2D eigenvalue weighted by Gasteiger charge is -2.18. The van der Waals surface area contributed by atoms with E-state index < -0.39 is 5.41 Å². The van der Waals surface area contributed by atoms with Crippen LogP contribution in [0.3, 0.4) is 0 Å². The summed E-state index contributed by atoms with van der Waals surface area (Å²) in [4.78, 5) is 16.1. The Morgan fingerprint density at radius 1 is 1.41 bits per heavy atom. The van der Waals surface area contributed by atoms with Gasteiger partial charge < -0.3 is 4.74 Å². The van der Waals surface area contributed by atoms with Gasteiger partial charge in [0.2, 0.25) is 0 Å². The second-order valence-corrected chi connectivity index (χ2v) is 4.52. The molecule has 90 valence electrons. The molecule has 0 atom stereocenters. The Balaban J connectivity index is 2.53. The molecule has 0 amide bonds. The van der Waals surface area contributed by atoms with Crippen LogP contribution in [0.25, 0.3) is 5.65 Å². The molecule has 0 aliphatic carbocycles. The van der Waals surface area contributed by atoms with E-state index in [0.29, 0.717) is 5.69 Å². The van der Waals surface area contributed by atoms with Gasteiger partial charge in [-0.3, -0.25) is 4.79 Å². The Bertz CT molecular complexity index is 572. The van der Waals surface area contributed by atoms with E-state index in [0.717, 1.165) is 11.3 Å². The molecule has 0 bridgehead atoms. The van der Waals surface area contributed by atoms with Gasteiger partial charge in [-0.2, -0.15) is 5.10 Å². The standard InChI is InChI=1S/C12H15N3O2/c1-8-5-6-10-13-9(7-15(10)14-8)12(2,3)11(16)17-4/h5-7H,1-4H3. The Morgan fingerprint density at radius 3 is 2.76 bits per heavy atom. The molecule has 0 unspecified atom stereocenters. The highest BCUT2D eigenvalue weighted by Crippen LogP contribution is 2.23. The summed E-state index contributed by atoms with van der Waals surface area (Å²) in [5, 5.41) is 4.30. The third-order valence-corrected chi connectivity index (χ3v) is 2.79. The SMILES string of the molecule is COC(=O)C(C)(C)c1cn2nc(C)ccc2n1. The molecule has 2 heterocycles. The number of imidazole rings is 1. The lowest BCUT2D eigenvalue weighted by atomic mass is 9.90. The summed E-state index contributed by atoms with van der Waals surface area (Å²) in [6.07, 6.45) is 1.76. The number of aromatic nitrogens is 3. The second-order valence-electron chi connectivity index (χ2n) is 4.52. The highest BCUT2D eigenvalue weighted by Gasteiger charge is 2.33. The summed E-state index contributed by atoms with van der Waals surface area (Å²) >= 11 is 0. The lowest BCUT2D eigenvalue weighted by Crippen LogP contribution is -2.30. The predicted octanol–water partition coefficient (Wildman–Crippen LogP) is 1.49. The van der Waals surface area contributed by atoms with E-state index in [2.05, 4.69) is 10.1 Å². The minimum Gasteiger partial charge on any atom is -0.468 e. The zero-order valence-corrected chi connectivity index (χ0v) is 10.4. The van der Waals surface area contributed by atoms with Crippen molar-refractivity contribution < 1.29 is 9.53 Å². The van der Waals surface area contributed by atoms with E-state index in [1.165, 1.54) is 7.11 Å². The van der Waals surface area contributed by atoms with Gasteiger partial charge in [0.1, 0.15) is 5.41 Å². The first kappa shape index (κ1) is 11.6. The molecule has 0 spiro atoms. The van der Waals surface area contributed by atoms with E-state index >= 15 is 0 Å². The van der Waals surface area contributed by atoms with Crippen LogP contribution in [0.4, 0.5) is 0 Å². The van der Waals surface area contributed by atoms with Gasteiger partial charge in [-0.05, 0) is 32.9 Å². The molecule has 2 aromatic rings. The smallest absolute Gasteiger partial charge is 0.317 e. The summed E-state index contributed by atoms with van der Waals surface area (Å²) in [5.74, 6) is -0.308. The van der Waals surface area contributed by atoms with E-state index in [4.69, 9.17) is 4.74 Å². The first-order valence-electron chi connectivity index (χ1n) is 5.37. The van der Waals surface area contributed by atoms with Crippen molar-refractivity contribution in [1.82, 2.24) is 14.6 Å². The molecular formula is C12H15N3O2. The molecule has 0 fully saturated rings. The monoisotopic (exact) mass is 233 g/mol. The minimum atomic E-state index is -0.768. The zero-order chi connectivity index (χ0) is 12.6. The normalized spacial score (nSPS) is 11.8. The van der Waals surface area contributed by atoms with Gasteiger partial charge in [0.05, 0.1) is 24.7 Å². The maximum Gasteiger partial charge on any atom is 0.317 e. The van der Waals surface area contributed by atoms with Gasteiger partial charge in [0.15, 0.2) is 5.65 Å². The number of fused-ring (bicyclic) bond motifs is 1. The van der Waals surface area contributed by atoms with Gasteiger partial charge in [0.25, 0.3) is 0 Å². The van der Waals surface area contributed by atoms with Crippen LogP contribution < -0.4 is 0 Å². The highest BCUT2D eigenvalue weighted by molar-refractivity contribution is 5.81. The van der Waals surface area contributed by atoms with Crippen molar-refractivity contribution in [1.29, 1.82) is 0 Å². The van der Waals surface area contributed by atoms with Gasteiger partial charge >= 0.3 is 5.97 Å². The number of rotatable bonds is 2. The number of esters is 1. The van der Waals surface area contributed by atoms with Crippen LogP contribution in [0.1, 0.15) is 25.2 Å². The number of carbonyl (C=O) groups is 1. The molecule has 0 N–H and O–H groups in total. The predicted molar refractivity (Wildman–Crippen MR) is 62.8 cm³/mol. The van der Waals surface area contributed by atoms with E-state index in [9.17, 15) is 4.79 Å². The average molecular weight is 233 g/mol. The fourth-order valence-electron chi connectivity index (χ4n) is 1.64. The van der Waals surface area contributed by atoms with Crippen molar-refractivity contribution in [3.05, 3.63) is 29.7 Å². The molecule has 5 heteroatoms. The molecule has 2 rings (SSSR count). The molecule has 0 saturated heterocycles. The van der Waals surface area contributed by atoms with Crippen molar-refractivity contribution in [2.45, 2.75) is 26.2 Å². The van der Waals surface area contributed by atoms with Gasteiger partial charge in [-0.25, -0.2) is 9.50 Å². The maximum atomic E-state index is 11.7. The highest BCUT2D eigenvalue weighted by atomic mass is 16.5. The molecule has 0 aromatic carbocycles. The summed E-state index contributed by atoms with van der Waals surface area (Å²) in [7, 11) is 1.38. The number of aryl methyl sites for hydroxylation is 1. The minimum absolute atomic E-state index is 0.308. The van der Waals surface area contributed by atoms with Crippen molar-refractivity contribution >= 4 is 11.6 Å². The summed E-state index contributed by atoms with van der Waals surface area (Å²) in [6, 6.07) is 3.76. The Morgan fingerprint density at radius 2 is 2.12 bits per heavy atom. The molecule has 5 nitrogen and oxygen atoms in total. The average Bonchev–Trinajstić information content (AvgIpc) is 2.71. The van der Waals surface area contributed by atoms with E-state index in [1.54, 1.807) is 24.6 Å². The lowest BCUT2D eigenvalue weighted by molar-refractivity contribution is -0.146. The number of ether oxygens (including phenoxy) is 1. The number of hydrogen-bond acceptors (Lipinski definition) is 4. The fraction of sp³-hybridized carbons (Fsp3) is 0.417. The molecule has 0 radical (unpaired) electrons. The first-order valence-corrected chi connectivity index (χ1v) is 5.37. The largest absolute Gasteiger partial charge is 0.468 e. The molecule has 2 aromatic heterocycles. The Labute approximate surface area is 99.4 Å². The van der Waals surface area contributed by atoms with Crippen LogP contribution in [0.15, 0.2) is 18.3 Å². The maximum absolute atomic E-state index is 11.7. The van der Waals surface area contributed by atoms with E-state index in [-0.39, 0.29) is 5.97 Å².